The Labute approximate surface area is 180 Å². The van der Waals surface area contributed by atoms with Crippen molar-refractivity contribution in [1.82, 2.24) is 5.32 Å². The van der Waals surface area contributed by atoms with Gasteiger partial charge in [0.05, 0.1) is 11.4 Å². The van der Waals surface area contributed by atoms with Crippen LogP contribution in [0, 0.1) is 6.92 Å². The van der Waals surface area contributed by atoms with Gasteiger partial charge in [-0.05, 0) is 42.8 Å². The highest BCUT2D eigenvalue weighted by molar-refractivity contribution is 6.20. The normalized spacial score (nSPS) is 15.5. The summed E-state index contributed by atoms with van der Waals surface area (Å²) in [5, 5.41) is 15.4. The van der Waals surface area contributed by atoms with Crippen molar-refractivity contribution >= 4 is 29.0 Å². The number of carbonyl (C=O) groups is 2. The largest absolute Gasteiger partial charge is 0.508 e. The van der Waals surface area contributed by atoms with Crippen LogP contribution < -0.4 is 15.5 Å². The molecule has 0 bridgehead atoms. The lowest BCUT2D eigenvalue weighted by molar-refractivity contribution is -0.119. The summed E-state index contributed by atoms with van der Waals surface area (Å²) in [5.74, 6) is -0.287. The number of anilines is 2. The van der Waals surface area contributed by atoms with Gasteiger partial charge < -0.3 is 20.6 Å². The highest BCUT2D eigenvalue weighted by Gasteiger charge is 2.31. The summed E-state index contributed by atoms with van der Waals surface area (Å²) in [7, 11) is 1.65. The predicted octanol–water partition coefficient (Wildman–Crippen LogP) is 3.66. The van der Waals surface area contributed by atoms with Crippen LogP contribution in [0.25, 0.3) is 0 Å². The van der Waals surface area contributed by atoms with E-state index in [1.165, 1.54) is 4.90 Å². The Hall–Kier alpha value is -4.13. The number of aliphatic imine (C=N–C) groups is 1. The molecule has 1 heterocycles. The highest BCUT2D eigenvalue weighted by atomic mass is 16.3. The van der Waals surface area contributed by atoms with Crippen LogP contribution in [-0.2, 0) is 4.79 Å². The molecule has 0 fully saturated rings. The Morgan fingerprint density at radius 2 is 1.81 bits per heavy atom. The van der Waals surface area contributed by atoms with E-state index in [4.69, 9.17) is 0 Å². The Morgan fingerprint density at radius 3 is 2.58 bits per heavy atom. The molecule has 1 aliphatic rings. The van der Waals surface area contributed by atoms with E-state index in [-0.39, 0.29) is 11.7 Å². The minimum absolute atomic E-state index is 0.0864. The molecule has 3 aromatic rings. The van der Waals surface area contributed by atoms with Crippen molar-refractivity contribution in [3.05, 3.63) is 89.5 Å². The van der Waals surface area contributed by atoms with E-state index < -0.39 is 12.2 Å². The SMILES string of the molecule is Cc1cccc(NC(=O)NC2N=C(c3cccc(O)c3)c3ccccc3N(C)C2=O)c1. The Balaban J connectivity index is 1.71. The Kier molecular flexibility index (Phi) is 5.41. The molecular weight excluding hydrogens is 392 g/mol. The molecule has 7 heteroatoms. The number of aryl methyl sites for hydroxylation is 1. The Bertz CT molecular complexity index is 1190. The number of benzene rings is 3. The summed E-state index contributed by atoms with van der Waals surface area (Å²) in [6, 6.07) is 20.8. The number of carbonyl (C=O) groups excluding carboxylic acids is 2. The molecule has 3 aromatic carbocycles. The third-order valence-electron chi connectivity index (χ3n) is 5.01. The van der Waals surface area contributed by atoms with E-state index in [1.807, 2.05) is 49.4 Å². The van der Waals surface area contributed by atoms with Crippen LogP contribution in [0.15, 0.2) is 77.8 Å². The molecule has 156 valence electrons. The number of urea groups is 1. The van der Waals surface area contributed by atoms with Crippen molar-refractivity contribution in [2.24, 2.45) is 4.99 Å². The average molecular weight is 414 g/mol. The van der Waals surface area contributed by atoms with E-state index >= 15 is 0 Å². The van der Waals surface area contributed by atoms with Gasteiger partial charge in [0.1, 0.15) is 5.75 Å². The smallest absolute Gasteiger partial charge is 0.321 e. The van der Waals surface area contributed by atoms with Crippen LogP contribution in [0.3, 0.4) is 0 Å². The molecule has 1 aliphatic heterocycles. The van der Waals surface area contributed by atoms with E-state index in [0.29, 0.717) is 22.6 Å². The molecule has 4 rings (SSSR count). The minimum Gasteiger partial charge on any atom is -0.508 e. The third-order valence-corrected chi connectivity index (χ3v) is 5.01. The van der Waals surface area contributed by atoms with E-state index in [0.717, 1.165) is 11.1 Å². The first kappa shape index (κ1) is 20.2. The zero-order chi connectivity index (χ0) is 22.0. The lowest BCUT2D eigenvalue weighted by Crippen LogP contribution is -2.47. The number of benzodiazepines with no additional fused rings is 1. The molecule has 1 atom stereocenters. The number of hydrogen-bond acceptors (Lipinski definition) is 4. The summed E-state index contributed by atoms with van der Waals surface area (Å²) in [4.78, 5) is 31.8. The number of rotatable bonds is 3. The van der Waals surface area contributed by atoms with Gasteiger partial charge in [-0.2, -0.15) is 0 Å². The van der Waals surface area contributed by atoms with Gasteiger partial charge >= 0.3 is 6.03 Å². The lowest BCUT2D eigenvalue weighted by Gasteiger charge is -2.21. The molecule has 3 amide bonds. The average Bonchev–Trinajstić information content (AvgIpc) is 2.84. The fourth-order valence-corrected chi connectivity index (χ4v) is 3.51. The van der Waals surface area contributed by atoms with Crippen LogP contribution in [-0.4, -0.2) is 36.0 Å². The maximum atomic E-state index is 13.1. The van der Waals surface area contributed by atoms with Gasteiger partial charge in [0.25, 0.3) is 5.91 Å². The molecule has 0 aliphatic carbocycles. The van der Waals surface area contributed by atoms with Crippen LogP contribution in [0.5, 0.6) is 5.75 Å². The predicted molar refractivity (Wildman–Crippen MR) is 121 cm³/mol. The second-order valence-corrected chi connectivity index (χ2v) is 7.31. The van der Waals surface area contributed by atoms with Gasteiger partial charge in [-0.15, -0.1) is 0 Å². The number of nitrogens with zero attached hydrogens (tertiary/aromatic N) is 2. The van der Waals surface area contributed by atoms with Gasteiger partial charge in [-0.25, -0.2) is 9.79 Å². The number of fused-ring (bicyclic) bond motifs is 1. The quantitative estimate of drug-likeness (QED) is 0.610. The molecule has 0 saturated carbocycles. The summed E-state index contributed by atoms with van der Waals surface area (Å²) < 4.78 is 0. The fourth-order valence-electron chi connectivity index (χ4n) is 3.51. The minimum atomic E-state index is -1.14. The maximum Gasteiger partial charge on any atom is 0.321 e. The summed E-state index contributed by atoms with van der Waals surface area (Å²) in [6.07, 6.45) is -1.14. The summed E-state index contributed by atoms with van der Waals surface area (Å²) in [5.41, 5.74) is 4.16. The first-order chi connectivity index (χ1) is 14.9. The van der Waals surface area contributed by atoms with Gasteiger partial charge in [-0.1, -0.05) is 42.5 Å². The Morgan fingerprint density at radius 1 is 1.03 bits per heavy atom. The van der Waals surface area contributed by atoms with Gasteiger partial charge in [0, 0.05) is 23.9 Å². The van der Waals surface area contributed by atoms with Crippen molar-refractivity contribution in [3.8, 4) is 5.75 Å². The zero-order valence-electron chi connectivity index (χ0n) is 17.2. The van der Waals surface area contributed by atoms with E-state index in [9.17, 15) is 14.7 Å². The lowest BCUT2D eigenvalue weighted by atomic mass is 10.00. The van der Waals surface area contributed by atoms with Crippen LogP contribution in [0.1, 0.15) is 16.7 Å². The first-order valence-electron chi connectivity index (χ1n) is 9.81. The van der Waals surface area contributed by atoms with Gasteiger partial charge in [0.15, 0.2) is 0 Å². The molecular formula is C24H22N4O3. The molecule has 0 radical (unpaired) electrons. The number of hydrogen-bond donors (Lipinski definition) is 3. The summed E-state index contributed by atoms with van der Waals surface area (Å²) >= 11 is 0. The molecule has 1 unspecified atom stereocenters. The molecule has 0 saturated heterocycles. The van der Waals surface area contributed by atoms with Crippen molar-refractivity contribution in [2.75, 3.05) is 17.3 Å². The highest BCUT2D eigenvalue weighted by Crippen LogP contribution is 2.28. The molecule has 3 N–H and O–H groups in total. The number of aromatic hydroxyl groups is 1. The van der Waals surface area contributed by atoms with E-state index in [2.05, 4.69) is 15.6 Å². The number of likely N-dealkylation sites (N-methyl/N-ethyl adjacent to an activating group) is 1. The third kappa shape index (κ3) is 4.25. The van der Waals surface area contributed by atoms with Crippen molar-refractivity contribution in [3.63, 3.8) is 0 Å². The zero-order valence-corrected chi connectivity index (χ0v) is 17.2. The van der Waals surface area contributed by atoms with Crippen molar-refractivity contribution in [2.45, 2.75) is 13.1 Å². The number of phenolic OH excluding ortho intramolecular Hbond substituents is 1. The molecule has 0 aromatic heterocycles. The standard InChI is InChI=1S/C24H22N4O3/c1-15-7-5-9-17(13-15)25-24(31)27-22-23(30)28(2)20-12-4-3-11-19(20)21(26-22)16-8-6-10-18(29)14-16/h3-14,22,29H,1-2H3,(H2,25,27,31). The van der Waals surface area contributed by atoms with Crippen molar-refractivity contribution < 1.29 is 14.7 Å². The molecule has 0 spiro atoms. The monoisotopic (exact) mass is 414 g/mol. The molecule has 31 heavy (non-hydrogen) atoms. The van der Waals surface area contributed by atoms with Gasteiger partial charge in [-0.3, -0.25) is 4.79 Å². The van der Waals surface area contributed by atoms with Crippen LogP contribution in [0.2, 0.25) is 0 Å². The van der Waals surface area contributed by atoms with E-state index in [1.54, 1.807) is 37.4 Å². The van der Waals surface area contributed by atoms with Gasteiger partial charge in [0.2, 0.25) is 6.17 Å². The molecule has 7 nitrogen and oxygen atoms in total. The first-order valence-corrected chi connectivity index (χ1v) is 9.81. The second kappa shape index (κ2) is 8.31. The number of amides is 3. The maximum absolute atomic E-state index is 13.1. The van der Waals surface area contributed by atoms with Crippen molar-refractivity contribution in [1.29, 1.82) is 0 Å². The fraction of sp³-hybridized carbons (Fsp3) is 0.125. The number of phenols is 1. The second-order valence-electron chi connectivity index (χ2n) is 7.31. The summed E-state index contributed by atoms with van der Waals surface area (Å²) in [6.45, 7) is 1.93. The number of nitrogens with one attached hydrogen (secondary N) is 2. The topological polar surface area (TPSA) is 94.0 Å². The number of para-hydroxylation sites is 1. The van der Waals surface area contributed by atoms with Crippen LogP contribution >= 0.6 is 0 Å². The van der Waals surface area contributed by atoms with Crippen LogP contribution in [0.4, 0.5) is 16.2 Å².